The number of benzene rings is 1. The third kappa shape index (κ3) is 4.83. The molecule has 2 heterocycles. The van der Waals surface area contributed by atoms with Crippen molar-refractivity contribution in [2.24, 2.45) is 0 Å². The lowest BCUT2D eigenvalue weighted by atomic mass is 10.2. The van der Waals surface area contributed by atoms with Gasteiger partial charge in [-0.2, -0.15) is 14.6 Å². The fourth-order valence-electron chi connectivity index (χ4n) is 2.25. The molecule has 2 aromatic heterocycles. The van der Waals surface area contributed by atoms with Crippen LogP contribution in [0.15, 0.2) is 47.3 Å². The number of anilines is 1. The van der Waals surface area contributed by atoms with Crippen LogP contribution in [0.5, 0.6) is 0 Å². The van der Waals surface area contributed by atoms with Gasteiger partial charge in [-0.25, -0.2) is 8.42 Å². The van der Waals surface area contributed by atoms with Gasteiger partial charge in [-0.05, 0) is 36.4 Å². The van der Waals surface area contributed by atoms with Crippen LogP contribution < -0.4 is 5.32 Å². The minimum atomic E-state index is -3.59. The van der Waals surface area contributed by atoms with Crippen molar-refractivity contribution in [1.82, 2.24) is 13.9 Å². The first-order valence-corrected chi connectivity index (χ1v) is 11.2. The molecule has 29 heavy (non-hydrogen) atoms. The Morgan fingerprint density at radius 1 is 1.31 bits per heavy atom. The number of nitrogens with zero attached hydrogens (tertiary/aromatic N) is 4. The Hall–Kier alpha value is -2.71. The van der Waals surface area contributed by atoms with E-state index < -0.39 is 20.9 Å². The highest BCUT2D eigenvalue weighted by Crippen LogP contribution is 2.26. The summed E-state index contributed by atoms with van der Waals surface area (Å²) in [4.78, 5) is 16.2. The molecule has 0 aliphatic carbocycles. The third-order valence-corrected chi connectivity index (χ3v) is 5.91. The second-order valence-electron chi connectivity index (χ2n) is 5.68. The highest BCUT2D eigenvalue weighted by Gasteiger charge is 2.18. The Morgan fingerprint density at radius 2 is 2.07 bits per heavy atom. The van der Waals surface area contributed by atoms with Gasteiger partial charge in [0.25, 0.3) is 11.1 Å². The molecule has 0 unspecified atom stereocenters. The van der Waals surface area contributed by atoms with E-state index in [2.05, 4.69) is 14.7 Å². The number of hydrogen-bond donors (Lipinski definition) is 1. The van der Waals surface area contributed by atoms with Crippen LogP contribution in [0, 0.1) is 11.3 Å². The number of nitrogens with one attached hydrogen (secondary N) is 1. The van der Waals surface area contributed by atoms with Gasteiger partial charge in [-0.15, -0.1) is 0 Å². The first-order chi connectivity index (χ1) is 13.7. The largest absolute Gasteiger partial charge is 0.317 e. The van der Waals surface area contributed by atoms with Gasteiger partial charge < -0.3 is 4.57 Å². The summed E-state index contributed by atoms with van der Waals surface area (Å²) in [6.07, 6.45) is 4.08. The molecule has 1 aromatic carbocycles. The number of carbonyl (C=O) groups excluding carboxylic acids is 1. The molecule has 0 spiro atoms. The first kappa shape index (κ1) is 21.0. The fourth-order valence-corrected chi connectivity index (χ4v) is 3.99. The van der Waals surface area contributed by atoms with Crippen LogP contribution in [-0.4, -0.2) is 34.5 Å². The molecule has 0 saturated carbocycles. The summed E-state index contributed by atoms with van der Waals surface area (Å²) in [6.45, 7) is 0. The SMILES string of the molecule is CS(=O)(=O)c1nsc(NC(=O)/C(C#N)=C\c2cccn2-c2ccc(Cl)c(Cl)c2)n1. The second-order valence-corrected chi connectivity index (χ2v) is 9.16. The number of amides is 1. The Balaban J connectivity index is 1.88. The van der Waals surface area contributed by atoms with Gasteiger partial charge in [0.2, 0.25) is 15.0 Å². The molecule has 148 valence electrons. The smallest absolute Gasteiger partial charge is 0.268 e. The summed E-state index contributed by atoms with van der Waals surface area (Å²) >= 11 is 12.7. The zero-order valence-corrected chi connectivity index (χ0v) is 17.8. The summed E-state index contributed by atoms with van der Waals surface area (Å²) in [6, 6.07) is 10.3. The van der Waals surface area contributed by atoms with E-state index in [1.807, 2.05) is 6.07 Å². The maximum absolute atomic E-state index is 12.4. The summed E-state index contributed by atoms with van der Waals surface area (Å²) in [5.74, 6) is -0.745. The van der Waals surface area contributed by atoms with Crippen LogP contribution in [0.2, 0.25) is 10.0 Å². The zero-order valence-electron chi connectivity index (χ0n) is 14.6. The van der Waals surface area contributed by atoms with Gasteiger partial charge in [0.1, 0.15) is 11.6 Å². The molecular weight excluding hydrogens is 457 g/mol. The van der Waals surface area contributed by atoms with Crippen LogP contribution in [-0.2, 0) is 14.6 Å². The first-order valence-electron chi connectivity index (χ1n) is 7.79. The average Bonchev–Trinajstić information content (AvgIpc) is 3.31. The number of halogens is 2. The molecule has 0 aliphatic heterocycles. The number of sulfone groups is 1. The molecule has 3 aromatic rings. The molecule has 0 radical (unpaired) electrons. The van der Waals surface area contributed by atoms with Crippen LogP contribution in [0.3, 0.4) is 0 Å². The van der Waals surface area contributed by atoms with Crippen molar-refractivity contribution in [3.8, 4) is 11.8 Å². The predicted molar refractivity (Wildman–Crippen MR) is 111 cm³/mol. The predicted octanol–water partition coefficient (Wildman–Crippen LogP) is 3.58. The second kappa shape index (κ2) is 8.34. The maximum Gasteiger partial charge on any atom is 0.268 e. The van der Waals surface area contributed by atoms with Gasteiger partial charge in [0.15, 0.2) is 0 Å². The number of nitriles is 1. The van der Waals surface area contributed by atoms with Crippen LogP contribution in [0.1, 0.15) is 5.69 Å². The van der Waals surface area contributed by atoms with E-state index in [1.54, 1.807) is 41.1 Å². The van der Waals surface area contributed by atoms with E-state index in [-0.39, 0.29) is 10.7 Å². The van der Waals surface area contributed by atoms with Crippen molar-refractivity contribution in [1.29, 1.82) is 5.26 Å². The van der Waals surface area contributed by atoms with Gasteiger partial charge in [0, 0.05) is 35.4 Å². The molecular formula is C17H11Cl2N5O3S2. The Labute approximate surface area is 180 Å². The van der Waals surface area contributed by atoms with Crippen LogP contribution in [0.4, 0.5) is 5.13 Å². The minimum Gasteiger partial charge on any atom is -0.317 e. The van der Waals surface area contributed by atoms with Gasteiger partial charge in [-0.3, -0.25) is 10.1 Å². The average molecular weight is 468 g/mol. The molecule has 0 atom stereocenters. The van der Waals surface area contributed by atoms with E-state index >= 15 is 0 Å². The topological polar surface area (TPSA) is 118 Å². The highest BCUT2D eigenvalue weighted by molar-refractivity contribution is 7.90. The third-order valence-electron chi connectivity index (χ3n) is 3.58. The van der Waals surface area contributed by atoms with Gasteiger partial charge >= 0.3 is 0 Å². The minimum absolute atomic E-state index is 0.0311. The number of aromatic nitrogens is 3. The molecule has 1 amide bonds. The van der Waals surface area contributed by atoms with Gasteiger partial charge in [-0.1, -0.05) is 23.2 Å². The van der Waals surface area contributed by atoms with Crippen molar-refractivity contribution in [2.45, 2.75) is 5.16 Å². The lowest BCUT2D eigenvalue weighted by Crippen LogP contribution is -2.13. The van der Waals surface area contributed by atoms with E-state index in [9.17, 15) is 18.5 Å². The van der Waals surface area contributed by atoms with Crippen molar-refractivity contribution >= 4 is 61.7 Å². The Bertz CT molecular complexity index is 1270. The molecule has 1 N–H and O–H groups in total. The normalized spacial score (nSPS) is 11.9. The van der Waals surface area contributed by atoms with Crippen molar-refractivity contribution < 1.29 is 13.2 Å². The van der Waals surface area contributed by atoms with Crippen LogP contribution in [0.25, 0.3) is 11.8 Å². The molecule has 8 nitrogen and oxygen atoms in total. The maximum atomic E-state index is 12.4. The number of hydrogen-bond acceptors (Lipinski definition) is 7. The molecule has 0 bridgehead atoms. The Kier molecular flexibility index (Phi) is 6.04. The van der Waals surface area contributed by atoms with Crippen molar-refractivity contribution in [3.63, 3.8) is 0 Å². The summed E-state index contributed by atoms with van der Waals surface area (Å²) in [5, 5.41) is 12.1. The van der Waals surface area contributed by atoms with Crippen molar-refractivity contribution in [3.05, 3.63) is 57.8 Å². The fraction of sp³-hybridized carbons (Fsp3) is 0.0588. The standard InChI is InChI=1S/C17H11Cl2N5O3S2/c1-29(26,27)17-22-16(28-23-17)21-15(25)10(9-20)7-11-3-2-6-24(11)12-4-5-13(18)14(19)8-12/h2-8H,1H3,(H,21,22,23,25)/b10-7-. The summed E-state index contributed by atoms with van der Waals surface area (Å²) < 4.78 is 28.3. The Morgan fingerprint density at radius 3 is 2.69 bits per heavy atom. The summed E-state index contributed by atoms with van der Waals surface area (Å²) in [5.41, 5.74) is 1.03. The monoisotopic (exact) mass is 467 g/mol. The number of rotatable bonds is 5. The quantitative estimate of drug-likeness (QED) is 0.452. The van der Waals surface area contributed by atoms with Gasteiger partial charge in [0.05, 0.1) is 10.0 Å². The molecule has 0 aliphatic rings. The van der Waals surface area contributed by atoms with E-state index in [0.29, 0.717) is 33.0 Å². The van der Waals surface area contributed by atoms with E-state index in [4.69, 9.17) is 23.2 Å². The molecule has 0 fully saturated rings. The molecule has 12 heteroatoms. The summed E-state index contributed by atoms with van der Waals surface area (Å²) in [7, 11) is -3.59. The van der Waals surface area contributed by atoms with E-state index in [1.165, 1.54) is 6.08 Å². The van der Waals surface area contributed by atoms with Crippen molar-refractivity contribution in [2.75, 3.05) is 11.6 Å². The zero-order chi connectivity index (χ0) is 21.2. The lowest BCUT2D eigenvalue weighted by Gasteiger charge is -2.08. The molecule has 3 rings (SSSR count). The van der Waals surface area contributed by atoms with Crippen LogP contribution >= 0.6 is 34.7 Å². The molecule has 0 saturated heterocycles. The highest BCUT2D eigenvalue weighted by atomic mass is 35.5. The number of carbonyl (C=O) groups is 1. The lowest BCUT2D eigenvalue weighted by molar-refractivity contribution is -0.112. The van der Waals surface area contributed by atoms with E-state index in [0.717, 1.165) is 6.26 Å².